The molecule has 0 unspecified atom stereocenters. The van der Waals surface area contributed by atoms with E-state index in [9.17, 15) is 0 Å². The highest BCUT2D eigenvalue weighted by molar-refractivity contribution is 5.38. The Bertz CT molecular complexity index is 870. The molecule has 28 heavy (non-hydrogen) atoms. The van der Waals surface area contributed by atoms with Crippen LogP contribution in [0, 0.1) is 0 Å². The Morgan fingerprint density at radius 1 is 0.964 bits per heavy atom. The minimum absolute atomic E-state index is 0.706. The van der Waals surface area contributed by atoms with Crippen molar-refractivity contribution >= 4 is 5.82 Å². The number of nitrogens with zero attached hydrogens (tertiary/aromatic N) is 6. The van der Waals surface area contributed by atoms with E-state index in [1.807, 2.05) is 12.3 Å². The Labute approximate surface area is 166 Å². The van der Waals surface area contributed by atoms with Gasteiger partial charge in [0.2, 0.25) is 0 Å². The van der Waals surface area contributed by atoms with Gasteiger partial charge in [0, 0.05) is 51.7 Å². The van der Waals surface area contributed by atoms with Crippen LogP contribution in [0.1, 0.15) is 18.1 Å². The summed E-state index contributed by atoms with van der Waals surface area (Å²) in [6.45, 7) is 9.68. The number of nitrogens with one attached hydrogen (secondary N) is 1. The largest absolute Gasteiger partial charge is 0.365 e. The number of piperazine rings is 1. The van der Waals surface area contributed by atoms with E-state index < -0.39 is 0 Å². The van der Waals surface area contributed by atoms with Crippen molar-refractivity contribution in [3.8, 4) is 5.82 Å². The molecule has 7 heteroatoms. The lowest BCUT2D eigenvalue weighted by Crippen LogP contribution is -2.45. The minimum Gasteiger partial charge on any atom is -0.365 e. The lowest BCUT2D eigenvalue weighted by Gasteiger charge is -2.34. The van der Waals surface area contributed by atoms with Gasteiger partial charge in [0.1, 0.15) is 5.82 Å². The molecule has 0 atom stereocenters. The number of benzene rings is 1. The van der Waals surface area contributed by atoms with E-state index in [0.29, 0.717) is 5.82 Å². The molecule has 2 aromatic heterocycles. The zero-order valence-corrected chi connectivity index (χ0v) is 16.3. The Morgan fingerprint density at radius 3 is 2.50 bits per heavy atom. The van der Waals surface area contributed by atoms with Gasteiger partial charge in [0.15, 0.2) is 5.82 Å². The molecule has 1 saturated heterocycles. The molecule has 1 aromatic carbocycles. The summed E-state index contributed by atoms with van der Waals surface area (Å²) in [6, 6.07) is 10.5. The summed E-state index contributed by atoms with van der Waals surface area (Å²) in [5.41, 5.74) is 2.67. The number of hydrogen-bond donors (Lipinski definition) is 1. The number of rotatable bonds is 7. The highest BCUT2D eigenvalue weighted by atomic mass is 15.3. The third kappa shape index (κ3) is 4.55. The molecule has 4 rings (SSSR count). The quantitative estimate of drug-likeness (QED) is 0.682. The molecule has 0 saturated carbocycles. The van der Waals surface area contributed by atoms with Crippen LogP contribution in [0.15, 0.2) is 55.1 Å². The summed E-state index contributed by atoms with van der Waals surface area (Å²) in [4.78, 5) is 13.9. The van der Waals surface area contributed by atoms with Crippen molar-refractivity contribution in [3.05, 3.63) is 66.2 Å². The summed E-state index contributed by atoms with van der Waals surface area (Å²) in [7, 11) is 0. The summed E-state index contributed by atoms with van der Waals surface area (Å²) in [5, 5.41) is 7.63. The highest BCUT2D eigenvalue weighted by Crippen LogP contribution is 2.15. The van der Waals surface area contributed by atoms with Gasteiger partial charge in [0.25, 0.3) is 0 Å². The monoisotopic (exact) mass is 377 g/mol. The maximum atomic E-state index is 4.60. The molecule has 1 aliphatic rings. The molecule has 0 amide bonds. The van der Waals surface area contributed by atoms with Gasteiger partial charge >= 0.3 is 0 Å². The second kappa shape index (κ2) is 8.95. The van der Waals surface area contributed by atoms with Crippen molar-refractivity contribution in [1.82, 2.24) is 29.5 Å². The molecule has 7 nitrogen and oxygen atoms in total. The topological polar surface area (TPSA) is 62.1 Å². The molecule has 1 aliphatic heterocycles. The van der Waals surface area contributed by atoms with Crippen molar-refractivity contribution in [2.24, 2.45) is 0 Å². The second-order valence-electron chi connectivity index (χ2n) is 7.05. The van der Waals surface area contributed by atoms with E-state index in [0.717, 1.165) is 51.6 Å². The molecule has 3 heterocycles. The smallest absolute Gasteiger partial charge is 0.173 e. The van der Waals surface area contributed by atoms with Crippen LogP contribution in [-0.2, 0) is 13.1 Å². The zero-order chi connectivity index (χ0) is 19.2. The second-order valence-corrected chi connectivity index (χ2v) is 7.05. The Morgan fingerprint density at radius 2 is 1.75 bits per heavy atom. The normalized spacial score (nSPS) is 15.6. The molecule has 1 fully saturated rings. The van der Waals surface area contributed by atoms with E-state index in [4.69, 9.17) is 0 Å². The first kappa shape index (κ1) is 18.6. The summed E-state index contributed by atoms with van der Waals surface area (Å²) in [6.07, 6.45) is 7.06. The van der Waals surface area contributed by atoms with E-state index in [1.165, 1.54) is 11.1 Å². The standard InChI is InChI=1S/C21H27N7/c1-2-26-10-12-27(13-11-26)17-19-7-4-3-6-18(19)14-23-20-15-22-16-21(25-20)28-9-5-8-24-28/h3-9,15-16H,2,10-14,17H2,1H3,(H,23,25). The minimum atomic E-state index is 0.706. The SMILES string of the molecule is CCN1CCN(Cc2ccccc2CNc2cncc(-n3cccn3)n2)CC1. The number of aromatic nitrogens is 4. The van der Waals surface area contributed by atoms with Crippen molar-refractivity contribution in [1.29, 1.82) is 0 Å². The van der Waals surface area contributed by atoms with Gasteiger partial charge in [0.05, 0.1) is 12.4 Å². The van der Waals surface area contributed by atoms with Crippen molar-refractivity contribution in [2.45, 2.75) is 20.0 Å². The molecule has 0 spiro atoms. The first-order valence-corrected chi connectivity index (χ1v) is 9.89. The van der Waals surface area contributed by atoms with Gasteiger partial charge in [-0.15, -0.1) is 0 Å². The zero-order valence-electron chi connectivity index (χ0n) is 16.3. The van der Waals surface area contributed by atoms with Gasteiger partial charge in [-0.05, 0) is 23.7 Å². The van der Waals surface area contributed by atoms with Gasteiger partial charge < -0.3 is 10.2 Å². The van der Waals surface area contributed by atoms with Crippen LogP contribution in [0.3, 0.4) is 0 Å². The van der Waals surface area contributed by atoms with Crippen molar-refractivity contribution in [2.75, 3.05) is 38.0 Å². The first-order chi connectivity index (χ1) is 13.8. The third-order valence-electron chi connectivity index (χ3n) is 5.25. The van der Waals surface area contributed by atoms with Crippen molar-refractivity contribution < 1.29 is 0 Å². The summed E-state index contributed by atoms with van der Waals surface area (Å²) < 4.78 is 1.71. The first-order valence-electron chi connectivity index (χ1n) is 9.89. The number of anilines is 1. The van der Waals surface area contributed by atoms with E-state index >= 15 is 0 Å². The lowest BCUT2D eigenvalue weighted by molar-refractivity contribution is 0.131. The summed E-state index contributed by atoms with van der Waals surface area (Å²) in [5.74, 6) is 1.46. The van der Waals surface area contributed by atoms with E-state index in [2.05, 4.69) is 61.4 Å². The molecule has 1 N–H and O–H groups in total. The maximum absolute atomic E-state index is 4.60. The fourth-order valence-electron chi connectivity index (χ4n) is 3.53. The van der Waals surface area contributed by atoms with Gasteiger partial charge in [-0.25, -0.2) is 9.67 Å². The number of likely N-dealkylation sites (N-methyl/N-ethyl adjacent to an activating group) is 1. The average molecular weight is 377 g/mol. The molecule has 0 radical (unpaired) electrons. The van der Waals surface area contributed by atoms with Crippen LogP contribution in [0.25, 0.3) is 5.82 Å². The van der Waals surface area contributed by atoms with Gasteiger partial charge in [-0.2, -0.15) is 5.10 Å². The Balaban J connectivity index is 1.40. The molecule has 0 bridgehead atoms. The van der Waals surface area contributed by atoms with Crippen LogP contribution in [0.4, 0.5) is 5.82 Å². The van der Waals surface area contributed by atoms with Crippen LogP contribution in [0.5, 0.6) is 0 Å². The average Bonchev–Trinajstić information content (AvgIpc) is 3.29. The summed E-state index contributed by atoms with van der Waals surface area (Å²) >= 11 is 0. The maximum Gasteiger partial charge on any atom is 0.173 e. The van der Waals surface area contributed by atoms with E-state index in [-0.39, 0.29) is 0 Å². The molecule has 146 valence electrons. The molecular formula is C21H27N7. The fraction of sp³-hybridized carbons (Fsp3) is 0.381. The van der Waals surface area contributed by atoms with Gasteiger partial charge in [-0.1, -0.05) is 31.2 Å². The predicted molar refractivity (Wildman–Crippen MR) is 110 cm³/mol. The number of hydrogen-bond acceptors (Lipinski definition) is 6. The third-order valence-corrected chi connectivity index (χ3v) is 5.25. The van der Waals surface area contributed by atoms with E-state index in [1.54, 1.807) is 23.3 Å². The highest BCUT2D eigenvalue weighted by Gasteiger charge is 2.16. The Hall–Kier alpha value is -2.77. The Kier molecular flexibility index (Phi) is 5.94. The lowest BCUT2D eigenvalue weighted by atomic mass is 10.1. The predicted octanol–water partition coefficient (Wildman–Crippen LogP) is 2.41. The van der Waals surface area contributed by atoms with Crippen molar-refractivity contribution in [3.63, 3.8) is 0 Å². The van der Waals surface area contributed by atoms with Crippen LogP contribution >= 0.6 is 0 Å². The van der Waals surface area contributed by atoms with Gasteiger partial charge in [-0.3, -0.25) is 9.88 Å². The molecular weight excluding hydrogens is 350 g/mol. The molecule has 3 aromatic rings. The van der Waals surface area contributed by atoms with Crippen LogP contribution in [0.2, 0.25) is 0 Å². The molecule has 0 aliphatic carbocycles. The fourth-order valence-corrected chi connectivity index (χ4v) is 3.53. The van der Waals surface area contributed by atoms with Crippen LogP contribution in [-0.4, -0.2) is 62.3 Å². The van der Waals surface area contributed by atoms with Crippen LogP contribution < -0.4 is 5.32 Å².